The molecular weight excluding hydrogens is 297 g/mol. The van der Waals surface area contributed by atoms with Crippen molar-refractivity contribution >= 4 is 21.9 Å². The zero-order valence-corrected chi connectivity index (χ0v) is 9.73. The van der Waals surface area contributed by atoms with Crippen LogP contribution in [-0.4, -0.2) is 21.3 Å². The van der Waals surface area contributed by atoms with E-state index >= 15 is 0 Å². The Bertz CT molecular complexity index is 596. The van der Waals surface area contributed by atoms with Crippen LogP contribution in [-0.2, 0) is 0 Å². The molecule has 88 valence electrons. The van der Waals surface area contributed by atoms with Gasteiger partial charge in [-0.2, -0.15) is 0 Å². The van der Waals surface area contributed by atoms with Crippen LogP contribution < -0.4 is 0 Å². The predicted molar refractivity (Wildman–Crippen MR) is 58.2 cm³/mol. The van der Waals surface area contributed by atoms with Crippen LogP contribution in [0.5, 0.6) is 5.75 Å². The van der Waals surface area contributed by atoms with Crippen molar-refractivity contribution < 1.29 is 23.9 Å². The highest BCUT2D eigenvalue weighted by Crippen LogP contribution is 2.33. The highest BCUT2D eigenvalue weighted by atomic mass is 79.9. The van der Waals surface area contributed by atoms with E-state index < -0.39 is 17.5 Å². The molecule has 0 saturated heterocycles. The number of hydrogen-bond acceptors (Lipinski definition) is 4. The summed E-state index contributed by atoms with van der Waals surface area (Å²) in [6, 6.07) is 3.59. The Labute approximate surface area is 103 Å². The molecule has 1 aromatic heterocycles. The third-order valence-electron chi connectivity index (χ3n) is 2.03. The summed E-state index contributed by atoms with van der Waals surface area (Å²) in [4.78, 5) is 10.6. The maximum absolute atomic E-state index is 13.2. The normalized spacial score (nSPS) is 10.5. The van der Waals surface area contributed by atoms with Gasteiger partial charge in [-0.15, -0.1) is 0 Å². The van der Waals surface area contributed by atoms with Crippen LogP contribution in [0.3, 0.4) is 0 Å². The van der Waals surface area contributed by atoms with Gasteiger partial charge in [0.2, 0.25) is 5.76 Å². The third kappa shape index (κ3) is 2.14. The number of aromatic carboxylic acids is 1. The number of hydrogen-bond donors (Lipinski definition) is 2. The van der Waals surface area contributed by atoms with Gasteiger partial charge in [-0.1, -0.05) is 21.1 Å². The second kappa shape index (κ2) is 4.17. The van der Waals surface area contributed by atoms with Crippen molar-refractivity contribution in [2.24, 2.45) is 0 Å². The van der Waals surface area contributed by atoms with E-state index in [4.69, 9.17) is 5.11 Å². The van der Waals surface area contributed by atoms with Crippen molar-refractivity contribution in [3.63, 3.8) is 0 Å². The fourth-order valence-corrected chi connectivity index (χ4v) is 1.69. The largest absolute Gasteiger partial charge is 0.504 e. The molecular formula is C10H5BrFNO4. The fraction of sp³-hybridized carbons (Fsp3) is 0. The molecule has 0 spiro atoms. The molecule has 0 bridgehead atoms. The topological polar surface area (TPSA) is 83.6 Å². The van der Waals surface area contributed by atoms with Crippen molar-refractivity contribution in [2.45, 2.75) is 0 Å². The van der Waals surface area contributed by atoms with Crippen LogP contribution in [0.2, 0.25) is 0 Å². The molecule has 17 heavy (non-hydrogen) atoms. The molecule has 0 aliphatic rings. The zero-order chi connectivity index (χ0) is 12.6. The second-order valence-electron chi connectivity index (χ2n) is 3.17. The summed E-state index contributed by atoms with van der Waals surface area (Å²) in [6.07, 6.45) is 0. The molecule has 0 radical (unpaired) electrons. The number of benzene rings is 1. The Morgan fingerprint density at radius 1 is 1.41 bits per heavy atom. The van der Waals surface area contributed by atoms with Gasteiger partial charge >= 0.3 is 5.97 Å². The summed E-state index contributed by atoms with van der Waals surface area (Å²) >= 11 is 3.05. The fourth-order valence-electron chi connectivity index (χ4n) is 1.26. The first-order valence-electron chi connectivity index (χ1n) is 4.37. The van der Waals surface area contributed by atoms with E-state index in [0.717, 1.165) is 12.1 Å². The smallest absolute Gasteiger partial charge is 0.374 e. The number of phenols is 1. The third-order valence-corrected chi connectivity index (χ3v) is 2.48. The first-order chi connectivity index (χ1) is 7.99. The Hall–Kier alpha value is -1.89. The number of nitrogens with zero attached hydrogens (tertiary/aromatic N) is 1. The van der Waals surface area contributed by atoms with Gasteiger partial charge in [0.1, 0.15) is 5.69 Å². The molecule has 0 saturated carbocycles. The molecule has 0 amide bonds. The molecule has 0 fully saturated rings. The maximum atomic E-state index is 13.2. The number of carboxylic acids is 1. The van der Waals surface area contributed by atoms with Gasteiger partial charge in [0, 0.05) is 16.1 Å². The average Bonchev–Trinajstić information content (AvgIpc) is 2.72. The number of phenolic OH excluding ortho intramolecular Hbond substituents is 1. The number of rotatable bonds is 2. The summed E-state index contributed by atoms with van der Waals surface area (Å²) in [6.45, 7) is 0. The van der Waals surface area contributed by atoms with Gasteiger partial charge in [-0.25, -0.2) is 9.18 Å². The highest BCUT2D eigenvalue weighted by molar-refractivity contribution is 9.10. The molecule has 0 aliphatic carbocycles. The van der Waals surface area contributed by atoms with Crippen LogP contribution in [0.4, 0.5) is 4.39 Å². The molecule has 0 atom stereocenters. The van der Waals surface area contributed by atoms with E-state index in [1.165, 1.54) is 6.07 Å². The summed E-state index contributed by atoms with van der Waals surface area (Å²) in [7, 11) is 0. The molecule has 2 N–H and O–H groups in total. The average molecular weight is 302 g/mol. The lowest BCUT2D eigenvalue weighted by molar-refractivity contribution is 0.0652. The lowest BCUT2D eigenvalue weighted by atomic mass is 10.1. The molecule has 5 nitrogen and oxygen atoms in total. The Morgan fingerprint density at radius 3 is 2.71 bits per heavy atom. The van der Waals surface area contributed by atoms with Crippen LogP contribution in [0, 0.1) is 5.82 Å². The van der Waals surface area contributed by atoms with Gasteiger partial charge in [-0.05, 0) is 12.1 Å². The quantitative estimate of drug-likeness (QED) is 0.891. The van der Waals surface area contributed by atoms with Crippen molar-refractivity contribution in [3.05, 3.63) is 34.2 Å². The SMILES string of the molecule is O=C(O)c1cc(-c2cc(Br)cc(F)c2O)no1. The van der Waals surface area contributed by atoms with Crippen LogP contribution in [0.1, 0.15) is 10.6 Å². The maximum Gasteiger partial charge on any atom is 0.374 e. The molecule has 1 aromatic carbocycles. The van der Waals surface area contributed by atoms with Gasteiger partial charge in [0.25, 0.3) is 0 Å². The van der Waals surface area contributed by atoms with Crippen LogP contribution in [0.15, 0.2) is 27.2 Å². The molecule has 1 heterocycles. The number of carboxylic acid groups (broad SMARTS) is 1. The number of aromatic hydroxyl groups is 1. The van der Waals surface area contributed by atoms with Gasteiger partial charge in [-0.3, -0.25) is 0 Å². The summed E-state index contributed by atoms with van der Waals surface area (Å²) < 4.78 is 18.1. The second-order valence-corrected chi connectivity index (χ2v) is 4.08. The van der Waals surface area contributed by atoms with E-state index in [9.17, 15) is 14.3 Å². The van der Waals surface area contributed by atoms with E-state index in [2.05, 4.69) is 25.6 Å². The van der Waals surface area contributed by atoms with Gasteiger partial charge < -0.3 is 14.7 Å². The van der Waals surface area contributed by atoms with E-state index in [1.54, 1.807) is 0 Å². The molecule has 2 rings (SSSR count). The first-order valence-corrected chi connectivity index (χ1v) is 5.16. The Balaban J connectivity index is 2.56. The Kier molecular flexibility index (Phi) is 2.84. The van der Waals surface area contributed by atoms with Crippen LogP contribution >= 0.6 is 15.9 Å². The van der Waals surface area contributed by atoms with Crippen molar-refractivity contribution in [1.29, 1.82) is 0 Å². The van der Waals surface area contributed by atoms with Crippen molar-refractivity contribution in [2.75, 3.05) is 0 Å². The van der Waals surface area contributed by atoms with Crippen molar-refractivity contribution in [3.8, 4) is 17.0 Å². The molecule has 7 heteroatoms. The minimum Gasteiger partial charge on any atom is -0.504 e. The molecule has 2 aromatic rings. The molecule has 0 unspecified atom stereocenters. The van der Waals surface area contributed by atoms with Crippen molar-refractivity contribution in [1.82, 2.24) is 5.16 Å². The predicted octanol–water partition coefficient (Wildman–Crippen LogP) is 2.65. The van der Waals surface area contributed by atoms with E-state index in [1.807, 2.05) is 0 Å². The van der Waals surface area contributed by atoms with E-state index in [-0.39, 0.29) is 17.0 Å². The lowest BCUT2D eigenvalue weighted by Gasteiger charge is -2.02. The number of halogens is 2. The minimum atomic E-state index is -1.29. The van der Waals surface area contributed by atoms with E-state index in [0.29, 0.717) is 4.47 Å². The standard InChI is InChI=1S/C10H5BrFNO4/c11-4-1-5(9(14)6(12)2-4)7-3-8(10(15)16)17-13-7/h1-3,14H,(H,15,16). The van der Waals surface area contributed by atoms with Crippen LogP contribution in [0.25, 0.3) is 11.3 Å². The lowest BCUT2D eigenvalue weighted by Crippen LogP contribution is -1.91. The number of carbonyl (C=O) groups is 1. The first kappa shape index (κ1) is 11.6. The number of aromatic nitrogens is 1. The zero-order valence-electron chi connectivity index (χ0n) is 8.15. The summed E-state index contributed by atoms with van der Waals surface area (Å²) in [5.74, 6) is -3.13. The monoisotopic (exact) mass is 301 g/mol. The Morgan fingerprint density at radius 2 is 2.12 bits per heavy atom. The van der Waals surface area contributed by atoms with Gasteiger partial charge in [0.15, 0.2) is 11.6 Å². The minimum absolute atomic E-state index is 0.0418. The summed E-state index contributed by atoms with van der Waals surface area (Å²) in [5, 5.41) is 21.6. The highest BCUT2D eigenvalue weighted by Gasteiger charge is 2.17. The molecule has 0 aliphatic heterocycles. The summed E-state index contributed by atoms with van der Waals surface area (Å²) in [5.41, 5.74) is 0.0909. The van der Waals surface area contributed by atoms with Gasteiger partial charge in [0.05, 0.1) is 0 Å².